The minimum atomic E-state index is 0.410. The van der Waals surface area contributed by atoms with Crippen molar-refractivity contribution >= 4 is 0 Å². The average molecular weight is 259 g/mol. The highest BCUT2D eigenvalue weighted by atomic mass is 16.3. The van der Waals surface area contributed by atoms with E-state index in [1.807, 2.05) is 12.1 Å². The van der Waals surface area contributed by atoms with Gasteiger partial charge in [-0.05, 0) is 55.8 Å². The van der Waals surface area contributed by atoms with Crippen molar-refractivity contribution in [2.75, 3.05) is 13.1 Å². The third-order valence-electron chi connectivity index (χ3n) is 4.89. The fourth-order valence-corrected chi connectivity index (χ4v) is 3.84. The summed E-state index contributed by atoms with van der Waals surface area (Å²) in [7, 11) is 0. The molecule has 1 saturated carbocycles. The zero-order valence-corrected chi connectivity index (χ0v) is 11.7. The Morgan fingerprint density at radius 2 is 1.84 bits per heavy atom. The second-order valence-electron chi connectivity index (χ2n) is 6.22. The Balaban J connectivity index is 1.67. The Hall–Kier alpha value is -1.02. The van der Waals surface area contributed by atoms with Crippen molar-refractivity contribution in [2.45, 2.75) is 56.9 Å². The van der Waals surface area contributed by atoms with Gasteiger partial charge in [-0.2, -0.15) is 0 Å². The van der Waals surface area contributed by atoms with Crippen LogP contribution in [-0.2, 0) is 0 Å². The van der Waals surface area contributed by atoms with E-state index in [9.17, 15) is 5.11 Å². The number of benzene rings is 1. The molecule has 1 aliphatic heterocycles. The Morgan fingerprint density at radius 1 is 1.00 bits per heavy atom. The number of likely N-dealkylation sites (tertiary alicyclic amines) is 1. The first-order valence-corrected chi connectivity index (χ1v) is 7.86. The predicted molar refractivity (Wildman–Crippen MR) is 78.5 cm³/mol. The maximum absolute atomic E-state index is 9.64. The van der Waals surface area contributed by atoms with Gasteiger partial charge < -0.3 is 5.11 Å². The Morgan fingerprint density at radius 3 is 2.63 bits per heavy atom. The number of piperidine rings is 1. The highest BCUT2D eigenvalue weighted by Crippen LogP contribution is 2.32. The molecule has 2 fully saturated rings. The van der Waals surface area contributed by atoms with Crippen LogP contribution >= 0.6 is 0 Å². The second kappa shape index (κ2) is 5.96. The van der Waals surface area contributed by atoms with Crippen molar-refractivity contribution in [3.05, 3.63) is 29.8 Å². The average Bonchev–Trinajstić information content (AvgIpc) is 2.48. The first-order chi connectivity index (χ1) is 9.33. The van der Waals surface area contributed by atoms with E-state index in [4.69, 9.17) is 0 Å². The molecule has 1 heterocycles. The van der Waals surface area contributed by atoms with Gasteiger partial charge in [0, 0.05) is 12.6 Å². The van der Waals surface area contributed by atoms with Crippen LogP contribution < -0.4 is 0 Å². The molecule has 1 unspecified atom stereocenters. The summed E-state index contributed by atoms with van der Waals surface area (Å²) in [4.78, 5) is 2.72. The SMILES string of the molecule is Oc1cccc(C2CCCN(C3CCCCC3)C2)c1. The van der Waals surface area contributed by atoms with Gasteiger partial charge in [0.2, 0.25) is 0 Å². The molecule has 1 N–H and O–H groups in total. The molecule has 1 aromatic carbocycles. The molecule has 0 amide bonds. The molecule has 0 aromatic heterocycles. The number of hydrogen-bond acceptors (Lipinski definition) is 2. The van der Waals surface area contributed by atoms with E-state index in [-0.39, 0.29) is 0 Å². The van der Waals surface area contributed by atoms with Crippen molar-refractivity contribution in [3.8, 4) is 5.75 Å². The van der Waals surface area contributed by atoms with E-state index in [1.165, 1.54) is 63.6 Å². The summed E-state index contributed by atoms with van der Waals surface area (Å²) in [6.07, 6.45) is 9.62. The molecule has 1 saturated heterocycles. The molecule has 0 bridgehead atoms. The molecule has 3 rings (SSSR count). The molecule has 1 aromatic rings. The molecule has 0 radical (unpaired) electrons. The molecule has 19 heavy (non-hydrogen) atoms. The summed E-state index contributed by atoms with van der Waals surface area (Å²) in [6, 6.07) is 8.70. The summed E-state index contributed by atoms with van der Waals surface area (Å²) in [5, 5.41) is 9.64. The molecule has 2 aliphatic rings. The summed E-state index contributed by atoms with van der Waals surface area (Å²) in [5.41, 5.74) is 1.32. The minimum absolute atomic E-state index is 0.410. The van der Waals surface area contributed by atoms with E-state index in [1.54, 1.807) is 6.07 Å². The quantitative estimate of drug-likeness (QED) is 0.870. The smallest absolute Gasteiger partial charge is 0.115 e. The van der Waals surface area contributed by atoms with Gasteiger partial charge in [-0.3, -0.25) is 4.90 Å². The number of hydrogen-bond donors (Lipinski definition) is 1. The third-order valence-corrected chi connectivity index (χ3v) is 4.89. The topological polar surface area (TPSA) is 23.5 Å². The lowest BCUT2D eigenvalue weighted by Gasteiger charge is -2.40. The zero-order valence-electron chi connectivity index (χ0n) is 11.7. The molecule has 2 heteroatoms. The molecule has 2 nitrogen and oxygen atoms in total. The van der Waals surface area contributed by atoms with Gasteiger partial charge >= 0.3 is 0 Å². The van der Waals surface area contributed by atoms with Crippen molar-refractivity contribution in [1.29, 1.82) is 0 Å². The first kappa shape index (κ1) is 13.0. The van der Waals surface area contributed by atoms with Crippen LogP contribution in [0, 0.1) is 0 Å². The van der Waals surface area contributed by atoms with Crippen molar-refractivity contribution in [3.63, 3.8) is 0 Å². The fraction of sp³-hybridized carbons (Fsp3) is 0.647. The van der Waals surface area contributed by atoms with Gasteiger partial charge in [0.15, 0.2) is 0 Å². The van der Waals surface area contributed by atoms with Gasteiger partial charge in [-0.25, -0.2) is 0 Å². The van der Waals surface area contributed by atoms with E-state index < -0.39 is 0 Å². The molecule has 104 valence electrons. The number of phenolic OH excluding ortho intramolecular Hbond substituents is 1. The Labute approximate surface area is 116 Å². The summed E-state index contributed by atoms with van der Waals surface area (Å²) in [5.74, 6) is 1.02. The maximum atomic E-state index is 9.64. The highest BCUT2D eigenvalue weighted by Gasteiger charge is 2.27. The van der Waals surface area contributed by atoms with Crippen LogP contribution in [0.4, 0.5) is 0 Å². The third kappa shape index (κ3) is 3.11. The van der Waals surface area contributed by atoms with Crippen molar-refractivity contribution < 1.29 is 5.11 Å². The molecule has 1 atom stereocenters. The maximum Gasteiger partial charge on any atom is 0.115 e. The number of phenols is 1. The van der Waals surface area contributed by atoms with Crippen LogP contribution in [0.25, 0.3) is 0 Å². The van der Waals surface area contributed by atoms with E-state index in [0.717, 1.165) is 6.04 Å². The van der Waals surface area contributed by atoms with Crippen LogP contribution in [0.15, 0.2) is 24.3 Å². The highest BCUT2D eigenvalue weighted by molar-refractivity contribution is 5.30. The van der Waals surface area contributed by atoms with E-state index in [0.29, 0.717) is 11.7 Å². The van der Waals surface area contributed by atoms with Crippen molar-refractivity contribution in [2.24, 2.45) is 0 Å². The van der Waals surface area contributed by atoms with Crippen LogP contribution in [-0.4, -0.2) is 29.1 Å². The van der Waals surface area contributed by atoms with Gasteiger partial charge in [0.05, 0.1) is 0 Å². The lowest BCUT2D eigenvalue weighted by Crippen LogP contribution is -2.42. The number of aromatic hydroxyl groups is 1. The standard InChI is InChI=1S/C17H25NO/c19-17-10-4-6-14(12-17)15-7-5-11-18(13-15)16-8-2-1-3-9-16/h4,6,10,12,15-16,19H,1-3,5,7-9,11,13H2. The fourth-order valence-electron chi connectivity index (χ4n) is 3.84. The second-order valence-corrected chi connectivity index (χ2v) is 6.22. The van der Waals surface area contributed by atoms with Crippen LogP contribution in [0.1, 0.15) is 56.4 Å². The summed E-state index contributed by atoms with van der Waals surface area (Å²) in [6.45, 7) is 2.47. The zero-order chi connectivity index (χ0) is 13.1. The van der Waals surface area contributed by atoms with Crippen LogP contribution in [0.3, 0.4) is 0 Å². The van der Waals surface area contributed by atoms with Gasteiger partial charge in [0.1, 0.15) is 5.75 Å². The lowest BCUT2D eigenvalue weighted by molar-refractivity contribution is 0.118. The van der Waals surface area contributed by atoms with E-state index >= 15 is 0 Å². The molecular formula is C17H25NO. The molecule has 0 spiro atoms. The van der Waals surface area contributed by atoms with Crippen molar-refractivity contribution in [1.82, 2.24) is 4.90 Å². The monoisotopic (exact) mass is 259 g/mol. The minimum Gasteiger partial charge on any atom is -0.508 e. The molecule has 1 aliphatic carbocycles. The van der Waals surface area contributed by atoms with Gasteiger partial charge in [-0.15, -0.1) is 0 Å². The van der Waals surface area contributed by atoms with Gasteiger partial charge in [0.25, 0.3) is 0 Å². The number of rotatable bonds is 2. The molecular weight excluding hydrogens is 234 g/mol. The van der Waals surface area contributed by atoms with Gasteiger partial charge in [-0.1, -0.05) is 31.4 Å². The largest absolute Gasteiger partial charge is 0.508 e. The normalized spacial score (nSPS) is 26.4. The summed E-state index contributed by atoms with van der Waals surface area (Å²) >= 11 is 0. The van der Waals surface area contributed by atoms with E-state index in [2.05, 4.69) is 11.0 Å². The Kier molecular flexibility index (Phi) is 4.07. The van der Waals surface area contributed by atoms with Crippen LogP contribution in [0.2, 0.25) is 0 Å². The van der Waals surface area contributed by atoms with Crippen LogP contribution in [0.5, 0.6) is 5.75 Å². The first-order valence-electron chi connectivity index (χ1n) is 7.86. The summed E-state index contributed by atoms with van der Waals surface area (Å²) < 4.78 is 0. The Bertz CT molecular complexity index is 411. The lowest BCUT2D eigenvalue weighted by atomic mass is 9.87. The predicted octanol–water partition coefficient (Wildman–Crippen LogP) is 3.90. The number of nitrogens with zero attached hydrogens (tertiary/aromatic N) is 1.